The predicted molar refractivity (Wildman–Crippen MR) is 71.8 cm³/mol. The average Bonchev–Trinajstić information content (AvgIpc) is 3.01. The first-order chi connectivity index (χ1) is 8.31. The third-order valence-electron chi connectivity index (χ3n) is 3.59. The van der Waals surface area contributed by atoms with E-state index in [1.54, 1.807) is 0 Å². The topological polar surface area (TPSA) is 35.8 Å². The Kier molecular flexibility index (Phi) is 4.58. The van der Waals surface area contributed by atoms with Gasteiger partial charge in [-0.05, 0) is 37.1 Å². The highest BCUT2D eigenvalue weighted by Crippen LogP contribution is 2.37. The molecule has 1 fully saturated rings. The molecule has 0 amide bonds. The van der Waals surface area contributed by atoms with Crippen LogP contribution in [0, 0.1) is 23.2 Å². The van der Waals surface area contributed by atoms with Crippen LogP contribution < -0.4 is 5.32 Å². The van der Waals surface area contributed by atoms with Crippen LogP contribution in [0.2, 0.25) is 0 Å². The molecule has 2 unspecified atom stereocenters. The number of hydrogen-bond acceptors (Lipinski definition) is 3. The molecule has 1 aromatic rings. The minimum absolute atomic E-state index is 0.0962. The quantitative estimate of drug-likeness (QED) is 0.862. The second-order valence-electron chi connectivity index (χ2n) is 4.98. The molecule has 1 aliphatic carbocycles. The van der Waals surface area contributed by atoms with Gasteiger partial charge in [-0.3, -0.25) is 0 Å². The molecule has 2 nitrogen and oxygen atoms in total. The van der Waals surface area contributed by atoms with E-state index in [2.05, 4.69) is 28.9 Å². The van der Waals surface area contributed by atoms with Crippen LogP contribution in [0.4, 0.5) is 0 Å². The third kappa shape index (κ3) is 3.31. The lowest BCUT2D eigenvalue weighted by Gasteiger charge is -2.24. The molecule has 1 aliphatic rings. The van der Waals surface area contributed by atoms with Crippen molar-refractivity contribution in [2.45, 2.75) is 38.6 Å². The summed E-state index contributed by atoms with van der Waals surface area (Å²) >= 11 is 1.83. The summed E-state index contributed by atoms with van der Waals surface area (Å²) < 4.78 is 0. The van der Waals surface area contributed by atoms with Crippen molar-refractivity contribution in [2.24, 2.45) is 11.8 Å². The predicted octanol–water partition coefficient (Wildman–Crippen LogP) is 3.73. The Balaban J connectivity index is 2.00. The zero-order valence-corrected chi connectivity index (χ0v) is 11.2. The normalized spacial score (nSPS) is 20.0. The third-order valence-corrected chi connectivity index (χ3v) is 4.54. The van der Waals surface area contributed by atoms with E-state index in [4.69, 9.17) is 5.26 Å². The number of rotatable bonds is 5. The van der Waals surface area contributed by atoms with Crippen LogP contribution >= 0.6 is 11.3 Å². The summed E-state index contributed by atoms with van der Waals surface area (Å²) in [5, 5.41) is 14.6. The smallest absolute Gasteiger partial charge is 0.0666 e. The molecule has 0 radical (unpaired) electrons. The van der Waals surface area contributed by atoms with Crippen molar-refractivity contribution in [3.63, 3.8) is 0 Å². The van der Waals surface area contributed by atoms with Crippen molar-refractivity contribution in [2.75, 3.05) is 6.54 Å². The first-order valence-corrected chi connectivity index (χ1v) is 7.35. The van der Waals surface area contributed by atoms with Crippen LogP contribution in [-0.4, -0.2) is 6.54 Å². The Morgan fingerprint density at radius 3 is 2.88 bits per heavy atom. The molecule has 2 rings (SSSR count). The van der Waals surface area contributed by atoms with E-state index >= 15 is 0 Å². The zero-order chi connectivity index (χ0) is 12.1. The summed E-state index contributed by atoms with van der Waals surface area (Å²) in [7, 11) is 0. The Bertz CT molecular complexity index is 360. The molecule has 17 heavy (non-hydrogen) atoms. The van der Waals surface area contributed by atoms with Crippen molar-refractivity contribution >= 4 is 11.3 Å². The second-order valence-corrected chi connectivity index (χ2v) is 5.96. The first-order valence-electron chi connectivity index (χ1n) is 6.47. The van der Waals surface area contributed by atoms with Gasteiger partial charge in [-0.1, -0.05) is 18.9 Å². The van der Waals surface area contributed by atoms with Gasteiger partial charge in [0.05, 0.1) is 12.0 Å². The van der Waals surface area contributed by atoms with E-state index < -0.39 is 0 Å². The lowest BCUT2D eigenvalue weighted by atomic mass is 9.96. The van der Waals surface area contributed by atoms with Gasteiger partial charge < -0.3 is 5.32 Å². The van der Waals surface area contributed by atoms with Crippen LogP contribution in [0.3, 0.4) is 0 Å². The number of hydrogen-bond donors (Lipinski definition) is 1. The Morgan fingerprint density at radius 1 is 1.53 bits per heavy atom. The molecule has 1 saturated carbocycles. The minimum Gasteiger partial charge on any atom is -0.308 e. The Labute approximate surface area is 108 Å². The summed E-state index contributed by atoms with van der Waals surface area (Å²) in [6, 6.07) is 7.11. The van der Waals surface area contributed by atoms with Gasteiger partial charge in [0, 0.05) is 17.5 Å². The highest BCUT2D eigenvalue weighted by Gasteiger charge is 2.26. The van der Waals surface area contributed by atoms with E-state index in [1.807, 2.05) is 18.3 Å². The van der Waals surface area contributed by atoms with Gasteiger partial charge in [0.25, 0.3) is 0 Å². The Hall–Kier alpha value is -0.850. The lowest BCUT2D eigenvalue weighted by Crippen LogP contribution is -2.29. The summed E-state index contributed by atoms with van der Waals surface area (Å²) in [6.07, 6.45) is 5.39. The second kappa shape index (κ2) is 6.18. The molecule has 1 N–H and O–H groups in total. The van der Waals surface area contributed by atoms with Crippen LogP contribution in [0.25, 0.3) is 0 Å². The van der Waals surface area contributed by atoms with Gasteiger partial charge in [-0.25, -0.2) is 0 Å². The standard InChI is InChI=1S/C14H20N2S/c1-11(9-15)10-16-14(12-5-2-3-6-12)13-7-4-8-17-13/h4,7-8,11-12,14,16H,2-3,5-6,10H2,1H3. The summed E-state index contributed by atoms with van der Waals surface area (Å²) in [5.41, 5.74) is 0. The summed E-state index contributed by atoms with van der Waals surface area (Å²) in [4.78, 5) is 1.43. The Morgan fingerprint density at radius 2 is 2.29 bits per heavy atom. The molecule has 0 spiro atoms. The van der Waals surface area contributed by atoms with E-state index in [0.717, 1.165) is 12.5 Å². The van der Waals surface area contributed by atoms with Crippen molar-refractivity contribution in [3.8, 4) is 6.07 Å². The van der Waals surface area contributed by atoms with Crippen LogP contribution in [-0.2, 0) is 0 Å². The average molecular weight is 248 g/mol. The van der Waals surface area contributed by atoms with Gasteiger partial charge in [0.2, 0.25) is 0 Å². The van der Waals surface area contributed by atoms with Crippen LogP contribution in [0.15, 0.2) is 17.5 Å². The molecule has 0 aliphatic heterocycles. The van der Waals surface area contributed by atoms with Crippen molar-refractivity contribution in [1.29, 1.82) is 5.26 Å². The number of thiophene rings is 1. The fraction of sp³-hybridized carbons (Fsp3) is 0.643. The summed E-state index contributed by atoms with van der Waals surface area (Å²) in [5.74, 6) is 0.860. The van der Waals surface area contributed by atoms with Gasteiger partial charge in [-0.15, -0.1) is 11.3 Å². The molecule has 0 saturated heterocycles. The molecule has 1 heterocycles. The zero-order valence-electron chi connectivity index (χ0n) is 10.4. The van der Waals surface area contributed by atoms with Crippen LogP contribution in [0.5, 0.6) is 0 Å². The maximum absolute atomic E-state index is 8.86. The highest BCUT2D eigenvalue weighted by molar-refractivity contribution is 7.10. The molecular weight excluding hydrogens is 228 g/mol. The molecule has 2 atom stereocenters. The molecule has 92 valence electrons. The molecular formula is C14H20N2S. The summed E-state index contributed by atoms with van der Waals surface area (Å²) in [6.45, 7) is 2.78. The molecule has 0 bridgehead atoms. The minimum atomic E-state index is 0.0962. The van der Waals surface area contributed by atoms with Gasteiger partial charge >= 0.3 is 0 Å². The van der Waals surface area contributed by atoms with Crippen molar-refractivity contribution in [3.05, 3.63) is 22.4 Å². The van der Waals surface area contributed by atoms with E-state index in [-0.39, 0.29) is 5.92 Å². The maximum atomic E-state index is 8.86. The largest absolute Gasteiger partial charge is 0.308 e. The first kappa shape index (κ1) is 12.6. The highest BCUT2D eigenvalue weighted by atomic mass is 32.1. The van der Waals surface area contributed by atoms with Gasteiger partial charge in [0.15, 0.2) is 0 Å². The molecule has 1 aromatic heterocycles. The van der Waals surface area contributed by atoms with Crippen molar-refractivity contribution < 1.29 is 0 Å². The number of nitriles is 1. The number of nitrogens with one attached hydrogen (secondary N) is 1. The molecule has 0 aromatic carbocycles. The van der Waals surface area contributed by atoms with E-state index in [9.17, 15) is 0 Å². The molecule has 3 heteroatoms. The lowest BCUT2D eigenvalue weighted by molar-refractivity contribution is 0.363. The fourth-order valence-corrected chi connectivity index (χ4v) is 3.50. The monoisotopic (exact) mass is 248 g/mol. The van der Waals surface area contributed by atoms with Crippen molar-refractivity contribution in [1.82, 2.24) is 5.32 Å². The number of nitrogens with zero attached hydrogens (tertiary/aromatic N) is 1. The van der Waals surface area contributed by atoms with Crippen LogP contribution in [0.1, 0.15) is 43.5 Å². The maximum Gasteiger partial charge on any atom is 0.0666 e. The van der Waals surface area contributed by atoms with Gasteiger partial charge in [0.1, 0.15) is 0 Å². The van der Waals surface area contributed by atoms with E-state index in [0.29, 0.717) is 6.04 Å². The SMILES string of the molecule is CC(C#N)CNC(c1cccs1)C1CCCC1. The fourth-order valence-electron chi connectivity index (χ4n) is 2.61. The van der Waals surface area contributed by atoms with Gasteiger partial charge in [-0.2, -0.15) is 5.26 Å². The van der Waals surface area contributed by atoms with E-state index in [1.165, 1.54) is 30.6 Å².